The maximum atomic E-state index is 9.98. The predicted octanol–water partition coefficient (Wildman–Crippen LogP) is 0.507. The molecule has 0 radical (unpaired) electrons. The first kappa shape index (κ1) is 6.54. The Hall–Kier alpha value is -1.58. The third-order valence-electron chi connectivity index (χ3n) is 0.938. The molecule has 0 saturated carbocycles. The molecule has 1 aromatic heterocycles. The number of aliphatic carboxylic acids is 1. The van der Waals surface area contributed by atoms with Crippen LogP contribution in [-0.2, 0) is 4.79 Å². The van der Waals surface area contributed by atoms with E-state index in [2.05, 4.69) is 10.2 Å². The topological polar surface area (TPSA) is 66.0 Å². The number of aromatic nitrogens is 2. The van der Waals surface area contributed by atoms with Crippen LogP contribution in [0.15, 0.2) is 18.5 Å². The molecule has 0 unspecified atom stereocenters. The number of H-pyrrole nitrogens is 1. The van der Waals surface area contributed by atoms with Crippen LogP contribution in [0.25, 0.3) is 6.08 Å². The molecule has 0 aliphatic rings. The molecule has 0 bridgehead atoms. The van der Waals surface area contributed by atoms with Crippen LogP contribution in [0.1, 0.15) is 5.56 Å². The summed E-state index contributed by atoms with van der Waals surface area (Å²) in [5.41, 5.74) is 0.752. The standard InChI is InChI=1S/C6H6N2O2/c9-6(10)2-1-5-3-7-8-4-5/h1-4H,(H,7,8)(H,9,10). The Kier molecular flexibility index (Phi) is 1.84. The summed E-state index contributed by atoms with van der Waals surface area (Å²) in [4.78, 5) is 9.98. The number of nitrogens with one attached hydrogen (secondary N) is 1. The van der Waals surface area contributed by atoms with Gasteiger partial charge >= 0.3 is 5.97 Å². The van der Waals surface area contributed by atoms with Gasteiger partial charge in [0.1, 0.15) is 0 Å². The van der Waals surface area contributed by atoms with Crippen molar-refractivity contribution in [3.63, 3.8) is 0 Å². The Balaban J connectivity index is 2.64. The number of hydrogen-bond donors (Lipinski definition) is 2. The van der Waals surface area contributed by atoms with Gasteiger partial charge in [0.15, 0.2) is 0 Å². The smallest absolute Gasteiger partial charge is 0.328 e. The van der Waals surface area contributed by atoms with Crippen molar-refractivity contribution in [1.29, 1.82) is 0 Å². The molecule has 0 aliphatic carbocycles. The number of carboxylic acids is 1. The second kappa shape index (κ2) is 2.82. The summed E-state index contributed by atoms with van der Waals surface area (Å²) in [5.74, 6) is -0.957. The van der Waals surface area contributed by atoms with E-state index in [0.717, 1.165) is 11.6 Å². The molecule has 0 fully saturated rings. The minimum atomic E-state index is -0.957. The van der Waals surface area contributed by atoms with Gasteiger partial charge in [-0.2, -0.15) is 5.10 Å². The van der Waals surface area contributed by atoms with Gasteiger partial charge in [0.05, 0.1) is 6.20 Å². The molecule has 0 spiro atoms. The lowest BCUT2D eigenvalue weighted by molar-refractivity contribution is -0.131. The van der Waals surface area contributed by atoms with Crippen molar-refractivity contribution in [3.8, 4) is 0 Å². The highest BCUT2D eigenvalue weighted by atomic mass is 16.4. The molecule has 1 aromatic rings. The van der Waals surface area contributed by atoms with Crippen molar-refractivity contribution in [1.82, 2.24) is 10.2 Å². The molecule has 0 saturated heterocycles. The van der Waals surface area contributed by atoms with E-state index in [1.165, 1.54) is 6.08 Å². The summed E-state index contributed by atoms with van der Waals surface area (Å²) in [7, 11) is 0. The van der Waals surface area contributed by atoms with Crippen molar-refractivity contribution >= 4 is 12.0 Å². The number of hydrogen-bond acceptors (Lipinski definition) is 2. The van der Waals surface area contributed by atoms with Crippen molar-refractivity contribution in [2.75, 3.05) is 0 Å². The largest absolute Gasteiger partial charge is 0.478 e. The van der Waals surface area contributed by atoms with Crippen molar-refractivity contribution < 1.29 is 9.90 Å². The highest BCUT2D eigenvalue weighted by Crippen LogP contribution is 1.95. The first-order valence-corrected chi connectivity index (χ1v) is 2.69. The van der Waals surface area contributed by atoms with Crippen LogP contribution >= 0.6 is 0 Å². The quantitative estimate of drug-likeness (QED) is 0.585. The van der Waals surface area contributed by atoms with E-state index in [4.69, 9.17) is 5.11 Å². The lowest BCUT2D eigenvalue weighted by atomic mass is 10.3. The van der Waals surface area contributed by atoms with Crippen LogP contribution in [0, 0.1) is 0 Å². The Morgan fingerprint density at radius 3 is 3.10 bits per heavy atom. The monoisotopic (exact) mass is 138 g/mol. The normalized spacial score (nSPS) is 10.4. The van der Waals surface area contributed by atoms with Crippen molar-refractivity contribution in [2.24, 2.45) is 0 Å². The summed E-state index contributed by atoms with van der Waals surface area (Å²) in [5, 5.41) is 14.4. The van der Waals surface area contributed by atoms with E-state index in [0.29, 0.717) is 0 Å². The molecule has 4 heteroatoms. The maximum Gasteiger partial charge on any atom is 0.328 e. The molecule has 0 aromatic carbocycles. The fourth-order valence-electron chi connectivity index (χ4n) is 0.520. The van der Waals surface area contributed by atoms with Crippen LogP contribution < -0.4 is 0 Å². The Morgan fingerprint density at radius 1 is 1.80 bits per heavy atom. The molecule has 0 atom stereocenters. The number of carboxylic acid groups (broad SMARTS) is 1. The van der Waals surface area contributed by atoms with Gasteiger partial charge in [-0.3, -0.25) is 5.10 Å². The zero-order valence-electron chi connectivity index (χ0n) is 5.11. The summed E-state index contributed by atoms with van der Waals surface area (Å²) in [6.07, 6.45) is 5.68. The SMILES string of the molecule is O=C(O)C=Cc1cn[nH]c1. The highest BCUT2D eigenvalue weighted by Gasteiger charge is 1.87. The second-order valence-electron chi connectivity index (χ2n) is 1.70. The van der Waals surface area contributed by atoms with E-state index in [9.17, 15) is 4.79 Å². The van der Waals surface area contributed by atoms with E-state index in [1.54, 1.807) is 12.4 Å². The van der Waals surface area contributed by atoms with Gasteiger partial charge in [-0.1, -0.05) is 0 Å². The molecule has 52 valence electrons. The van der Waals surface area contributed by atoms with Gasteiger partial charge in [-0.05, 0) is 6.08 Å². The highest BCUT2D eigenvalue weighted by molar-refractivity contribution is 5.85. The third-order valence-corrected chi connectivity index (χ3v) is 0.938. The molecular formula is C6H6N2O2. The molecule has 0 amide bonds. The van der Waals surface area contributed by atoms with Gasteiger partial charge in [0, 0.05) is 17.8 Å². The molecule has 0 aliphatic heterocycles. The van der Waals surface area contributed by atoms with Gasteiger partial charge in [0.25, 0.3) is 0 Å². The summed E-state index contributed by atoms with van der Waals surface area (Å²) < 4.78 is 0. The van der Waals surface area contributed by atoms with Crippen molar-refractivity contribution in [3.05, 3.63) is 24.0 Å². The minimum absolute atomic E-state index is 0.752. The molecule has 1 rings (SSSR count). The van der Waals surface area contributed by atoms with Gasteiger partial charge < -0.3 is 5.11 Å². The second-order valence-corrected chi connectivity index (χ2v) is 1.70. The van der Waals surface area contributed by atoms with Crippen LogP contribution in [0.4, 0.5) is 0 Å². The molecular weight excluding hydrogens is 132 g/mol. The Morgan fingerprint density at radius 2 is 2.60 bits per heavy atom. The Labute approximate surface area is 57.2 Å². The van der Waals surface area contributed by atoms with E-state index in [1.807, 2.05) is 0 Å². The van der Waals surface area contributed by atoms with Crippen LogP contribution in [0.5, 0.6) is 0 Å². The zero-order valence-corrected chi connectivity index (χ0v) is 5.11. The molecule has 4 nitrogen and oxygen atoms in total. The predicted molar refractivity (Wildman–Crippen MR) is 35.3 cm³/mol. The average molecular weight is 138 g/mol. The van der Waals surface area contributed by atoms with Gasteiger partial charge in [-0.15, -0.1) is 0 Å². The fraction of sp³-hybridized carbons (Fsp3) is 0. The van der Waals surface area contributed by atoms with Gasteiger partial charge in [-0.25, -0.2) is 4.79 Å². The maximum absolute atomic E-state index is 9.98. The number of aromatic amines is 1. The van der Waals surface area contributed by atoms with E-state index in [-0.39, 0.29) is 0 Å². The average Bonchev–Trinajstić information content (AvgIpc) is 2.34. The zero-order chi connectivity index (χ0) is 7.40. The minimum Gasteiger partial charge on any atom is -0.478 e. The van der Waals surface area contributed by atoms with Gasteiger partial charge in [0.2, 0.25) is 0 Å². The molecule has 2 N–H and O–H groups in total. The summed E-state index contributed by atoms with van der Waals surface area (Å²) in [6, 6.07) is 0. The van der Waals surface area contributed by atoms with Crippen LogP contribution in [0.3, 0.4) is 0 Å². The fourth-order valence-corrected chi connectivity index (χ4v) is 0.520. The lowest BCUT2D eigenvalue weighted by Gasteiger charge is -1.77. The number of nitrogens with zero attached hydrogens (tertiary/aromatic N) is 1. The third kappa shape index (κ3) is 1.74. The lowest BCUT2D eigenvalue weighted by Crippen LogP contribution is -1.84. The van der Waals surface area contributed by atoms with E-state index >= 15 is 0 Å². The number of carbonyl (C=O) groups is 1. The first-order chi connectivity index (χ1) is 4.79. The van der Waals surface area contributed by atoms with E-state index < -0.39 is 5.97 Å². The summed E-state index contributed by atoms with van der Waals surface area (Å²) >= 11 is 0. The number of rotatable bonds is 2. The Bertz CT molecular complexity index is 238. The molecule has 10 heavy (non-hydrogen) atoms. The van der Waals surface area contributed by atoms with Crippen molar-refractivity contribution in [2.45, 2.75) is 0 Å². The van der Waals surface area contributed by atoms with Crippen LogP contribution in [0.2, 0.25) is 0 Å². The molecule has 1 heterocycles. The first-order valence-electron chi connectivity index (χ1n) is 2.69. The summed E-state index contributed by atoms with van der Waals surface area (Å²) in [6.45, 7) is 0. The van der Waals surface area contributed by atoms with Crippen LogP contribution in [-0.4, -0.2) is 21.3 Å².